The second-order valence-corrected chi connectivity index (χ2v) is 8.86. The van der Waals surface area contributed by atoms with Gasteiger partial charge in [0.05, 0.1) is 6.04 Å². The molecule has 1 aliphatic heterocycles. The van der Waals surface area contributed by atoms with Crippen LogP contribution in [0, 0.1) is 0 Å². The molecule has 1 atom stereocenters. The predicted molar refractivity (Wildman–Crippen MR) is 136 cm³/mol. The highest BCUT2D eigenvalue weighted by Crippen LogP contribution is 2.24. The lowest BCUT2D eigenvalue weighted by molar-refractivity contribution is 0.0655. The van der Waals surface area contributed by atoms with Crippen molar-refractivity contribution < 1.29 is 4.79 Å². The van der Waals surface area contributed by atoms with Gasteiger partial charge in [0.2, 0.25) is 5.95 Å². The van der Waals surface area contributed by atoms with Crippen molar-refractivity contribution in [2.24, 2.45) is 0 Å². The summed E-state index contributed by atoms with van der Waals surface area (Å²) in [5, 5.41) is 0.708. The Bertz CT molecular complexity index is 1230. The van der Waals surface area contributed by atoms with E-state index in [1.807, 2.05) is 77.7 Å². The lowest BCUT2D eigenvalue weighted by atomic mass is 10.00. The van der Waals surface area contributed by atoms with E-state index in [2.05, 4.69) is 27.0 Å². The van der Waals surface area contributed by atoms with Gasteiger partial charge in [0.1, 0.15) is 0 Å². The first-order valence-corrected chi connectivity index (χ1v) is 11.8. The topological polar surface area (TPSA) is 49.3 Å². The number of carbonyl (C=O) groups excluding carboxylic acids is 1. The number of benzene rings is 3. The fraction of sp³-hybridized carbons (Fsp3) is 0.179. The number of nitrogens with zero attached hydrogens (tertiary/aromatic N) is 4. The Morgan fingerprint density at radius 3 is 2.15 bits per heavy atom. The van der Waals surface area contributed by atoms with Crippen molar-refractivity contribution >= 4 is 23.5 Å². The molecule has 3 aromatic carbocycles. The lowest BCUT2D eigenvalue weighted by Crippen LogP contribution is -2.56. The summed E-state index contributed by atoms with van der Waals surface area (Å²) in [6.45, 7) is 2.00. The maximum Gasteiger partial charge on any atom is 0.254 e. The fourth-order valence-electron chi connectivity index (χ4n) is 4.43. The molecule has 1 amide bonds. The van der Waals surface area contributed by atoms with Crippen LogP contribution in [0.3, 0.4) is 0 Å². The Hall–Kier alpha value is -3.70. The third-order valence-electron chi connectivity index (χ3n) is 6.20. The van der Waals surface area contributed by atoms with Crippen LogP contribution in [0.15, 0.2) is 97.3 Å². The number of amides is 1. The number of piperazine rings is 1. The lowest BCUT2D eigenvalue weighted by Gasteiger charge is -2.41. The maximum atomic E-state index is 13.6. The van der Waals surface area contributed by atoms with Gasteiger partial charge in [-0.2, -0.15) is 0 Å². The van der Waals surface area contributed by atoms with Crippen molar-refractivity contribution in [2.75, 3.05) is 24.5 Å². The highest BCUT2D eigenvalue weighted by Gasteiger charge is 2.32. The summed E-state index contributed by atoms with van der Waals surface area (Å²) in [7, 11) is 0. The van der Waals surface area contributed by atoms with E-state index < -0.39 is 0 Å². The summed E-state index contributed by atoms with van der Waals surface area (Å²) >= 11 is 6.01. The van der Waals surface area contributed by atoms with Crippen LogP contribution in [-0.2, 0) is 6.42 Å². The van der Waals surface area contributed by atoms with E-state index in [1.54, 1.807) is 12.4 Å². The van der Waals surface area contributed by atoms with Gasteiger partial charge in [-0.25, -0.2) is 9.97 Å². The number of halogens is 1. The van der Waals surface area contributed by atoms with Crippen LogP contribution in [0.1, 0.15) is 15.9 Å². The summed E-state index contributed by atoms with van der Waals surface area (Å²) in [6, 6.07) is 27.7. The molecule has 1 saturated heterocycles. The van der Waals surface area contributed by atoms with Gasteiger partial charge in [-0.15, -0.1) is 0 Å². The van der Waals surface area contributed by atoms with Crippen LogP contribution in [-0.4, -0.2) is 46.5 Å². The molecule has 6 heteroatoms. The monoisotopic (exact) mass is 468 g/mol. The molecule has 0 N–H and O–H groups in total. The molecule has 0 aliphatic carbocycles. The molecule has 0 bridgehead atoms. The van der Waals surface area contributed by atoms with Crippen molar-refractivity contribution in [3.05, 3.63) is 113 Å². The van der Waals surface area contributed by atoms with Crippen molar-refractivity contribution in [1.82, 2.24) is 14.9 Å². The van der Waals surface area contributed by atoms with E-state index in [4.69, 9.17) is 11.6 Å². The number of carbonyl (C=O) groups is 1. The molecule has 5 nitrogen and oxygen atoms in total. The molecule has 1 fully saturated rings. The average molecular weight is 469 g/mol. The van der Waals surface area contributed by atoms with Crippen LogP contribution in [0.2, 0.25) is 5.02 Å². The van der Waals surface area contributed by atoms with E-state index in [0.29, 0.717) is 36.2 Å². The summed E-state index contributed by atoms with van der Waals surface area (Å²) < 4.78 is 0. The Kier molecular flexibility index (Phi) is 6.54. The van der Waals surface area contributed by atoms with E-state index in [-0.39, 0.29) is 11.9 Å². The van der Waals surface area contributed by atoms with Gasteiger partial charge in [0.25, 0.3) is 5.91 Å². The molecule has 0 unspecified atom stereocenters. The fourth-order valence-corrected chi connectivity index (χ4v) is 4.56. The highest BCUT2D eigenvalue weighted by molar-refractivity contribution is 6.30. The Morgan fingerprint density at radius 2 is 1.47 bits per heavy atom. The van der Waals surface area contributed by atoms with Gasteiger partial charge in [-0.3, -0.25) is 4.79 Å². The Labute approximate surface area is 204 Å². The van der Waals surface area contributed by atoms with E-state index in [0.717, 1.165) is 17.5 Å². The second-order valence-electron chi connectivity index (χ2n) is 8.42. The van der Waals surface area contributed by atoms with Crippen LogP contribution >= 0.6 is 11.6 Å². The van der Waals surface area contributed by atoms with Crippen LogP contribution in [0.25, 0.3) is 11.1 Å². The first-order chi connectivity index (χ1) is 16.7. The zero-order chi connectivity index (χ0) is 23.3. The number of rotatable bonds is 5. The minimum atomic E-state index is 0.0170. The molecule has 34 heavy (non-hydrogen) atoms. The SMILES string of the molecule is O=C(c1ccc(-c2ccc(Cl)cc2)cc1)N1CCN(c2ncccn2)C[C@@H]1Cc1ccccc1. The zero-order valence-electron chi connectivity index (χ0n) is 18.7. The molecule has 0 saturated carbocycles. The van der Waals surface area contributed by atoms with Gasteiger partial charge >= 0.3 is 0 Å². The molecule has 5 rings (SSSR count). The standard InChI is InChI=1S/C28H25ClN4O/c29-25-13-11-23(12-14-25)22-7-9-24(10-8-22)27(34)33-18-17-32(28-30-15-4-16-31-28)20-26(33)19-21-5-2-1-3-6-21/h1-16,26H,17-20H2/t26-/m0/s1. The number of hydrogen-bond acceptors (Lipinski definition) is 4. The zero-order valence-corrected chi connectivity index (χ0v) is 19.5. The average Bonchev–Trinajstić information content (AvgIpc) is 2.90. The largest absolute Gasteiger partial charge is 0.337 e. The first kappa shape index (κ1) is 22.1. The summed E-state index contributed by atoms with van der Waals surface area (Å²) in [6.07, 6.45) is 4.29. The van der Waals surface area contributed by atoms with Gasteiger partial charge < -0.3 is 9.80 Å². The van der Waals surface area contributed by atoms with Crippen LogP contribution in [0.5, 0.6) is 0 Å². The third-order valence-corrected chi connectivity index (χ3v) is 6.45. The molecule has 1 aliphatic rings. The van der Waals surface area contributed by atoms with Gasteiger partial charge in [0.15, 0.2) is 0 Å². The smallest absolute Gasteiger partial charge is 0.254 e. The summed E-state index contributed by atoms with van der Waals surface area (Å²) in [4.78, 5) is 26.6. The molecule has 0 spiro atoms. The first-order valence-electron chi connectivity index (χ1n) is 11.4. The number of aromatic nitrogens is 2. The van der Waals surface area contributed by atoms with Crippen molar-refractivity contribution in [2.45, 2.75) is 12.5 Å². The molecule has 4 aromatic rings. The molecular formula is C28H25ClN4O. The van der Waals surface area contributed by atoms with Crippen LogP contribution in [0.4, 0.5) is 5.95 Å². The number of anilines is 1. The Morgan fingerprint density at radius 1 is 0.824 bits per heavy atom. The normalized spacial score (nSPS) is 15.9. The van der Waals surface area contributed by atoms with Gasteiger partial charge in [0, 0.05) is 42.6 Å². The minimum absolute atomic E-state index is 0.0170. The van der Waals surface area contributed by atoms with Gasteiger partial charge in [-0.1, -0.05) is 66.2 Å². The van der Waals surface area contributed by atoms with Crippen molar-refractivity contribution in [3.63, 3.8) is 0 Å². The highest BCUT2D eigenvalue weighted by atomic mass is 35.5. The van der Waals surface area contributed by atoms with Crippen LogP contribution < -0.4 is 4.90 Å². The molecule has 0 radical (unpaired) electrons. The second kappa shape index (κ2) is 10.1. The summed E-state index contributed by atoms with van der Waals surface area (Å²) in [5.74, 6) is 0.761. The molecule has 1 aromatic heterocycles. The minimum Gasteiger partial charge on any atom is -0.337 e. The quantitative estimate of drug-likeness (QED) is 0.395. The van der Waals surface area contributed by atoms with Crippen molar-refractivity contribution in [1.29, 1.82) is 0 Å². The Balaban J connectivity index is 1.37. The summed E-state index contributed by atoms with van der Waals surface area (Å²) in [5.41, 5.74) is 4.03. The van der Waals surface area contributed by atoms with E-state index >= 15 is 0 Å². The molecular weight excluding hydrogens is 444 g/mol. The molecule has 2 heterocycles. The van der Waals surface area contributed by atoms with Gasteiger partial charge in [-0.05, 0) is 53.4 Å². The van der Waals surface area contributed by atoms with E-state index in [1.165, 1.54) is 5.56 Å². The molecule has 170 valence electrons. The van der Waals surface area contributed by atoms with Crippen molar-refractivity contribution in [3.8, 4) is 11.1 Å². The maximum absolute atomic E-state index is 13.6. The predicted octanol–water partition coefficient (Wildman–Crippen LogP) is 5.37. The number of hydrogen-bond donors (Lipinski definition) is 0. The van der Waals surface area contributed by atoms with E-state index in [9.17, 15) is 4.79 Å². The third kappa shape index (κ3) is 4.95.